The largest absolute Gasteiger partial charge is 0.333 e. The average molecular weight is 234 g/mol. The molecule has 0 aliphatic carbocycles. The van der Waals surface area contributed by atoms with Gasteiger partial charge >= 0.3 is 6.03 Å². The topological polar surface area (TPSA) is 67.2 Å². The van der Waals surface area contributed by atoms with E-state index < -0.39 is 6.03 Å². The Labute approximate surface area is 91.3 Å². The van der Waals surface area contributed by atoms with Crippen molar-refractivity contribution in [2.24, 2.45) is 5.84 Å². The van der Waals surface area contributed by atoms with Gasteiger partial charge in [0.1, 0.15) is 0 Å². The van der Waals surface area contributed by atoms with Gasteiger partial charge in [-0.2, -0.15) is 0 Å². The van der Waals surface area contributed by atoms with E-state index in [-0.39, 0.29) is 0 Å². The second kappa shape index (κ2) is 4.50. The number of aryl methyl sites for hydroxylation is 1. The van der Waals surface area contributed by atoms with Crippen LogP contribution >= 0.6 is 23.2 Å². The summed E-state index contributed by atoms with van der Waals surface area (Å²) in [4.78, 5) is 10.9. The molecule has 0 aromatic heterocycles. The third-order valence-corrected chi connectivity index (χ3v) is 2.35. The number of rotatable bonds is 1. The molecule has 1 aromatic carbocycles. The Balaban J connectivity index is 2.98. The second-order valence-corrected chi connectivity index (χ2v) is 3.49. The molecular weight excluding hydrogens is 225 g/mol. The molecule has 0 bridgehead atoms. The van der Waals surface area contributed by atoms with E-state index in [1.54, 1.807) is 12.1 Å². The number of halogens is 2. The van der Waals surface area contributed by atoms with E-state index in [0.717, 1.165) is 5.56 Å². The summed E-state index contributed by atoms with van der Waals surface area (Å²) in [6, 6.07) is 2.68. The maximum Gasteiger partial charge on any atom is 0.333 e. The van der Waals surface area contributed by atoms with Crippen molar-refractivity contribution in [1.82, 2.24) is 5.43 Å². The van der Waals surface area contributed by atoms with Crippen molar-refractivity contribution in [1.29, 1.82) is 0 Å². The van der Waals surface area contributed by atoms with Crippen molar-refractivity contribution in [3.63, 3.8) is 0 Å². The highest BCUT2D eigenvalue weighted by molar-refractivity contribution is 6.36. The summed E-state index contributed by atoms with van der Waals surface area (Å²) in [5.41, 5.74) is 3.19. The summed E-state index contributed by atoms with van der Waals surface area (Å²) in [7, 11) is 0. The Kier molecular flexibility index (Phi) is 3.57. The van der Waals surface area contributed by atoms with Gasteiger partial charge in [-0.05, 0) is 24.6 Å². The minimum atomic E-state index is -0.549. The van der Waals surface area contributed by atoms with Gasteiger partial charge in [-0.25, -0.2) is 10.6 Å². The monoisotopic (exact) mass is 233 g/mol. The number of carbonyl (C=O) groups is 1. The standard InChI is InChI=1S/C8H9Cl2N3O/c1-4-2-6(10)7(3-5(4)9)12-8(14)13-11/h2-3H,11H2,1H3,(H2,12,13,14). The Morgan fingerprint density at radius 2 is 2.00 bits per heavy atom. The molecule has 0 heterocycles. The fourth-order valence-electron chi connectivity index (χ4n) is 0.900. The number of hydrogen-bond donors (Lipinski definition) is 3. The summed E-state index contributed by atoms with van der Waals surface area (Å²) in [6.07, 6.45) is 0. The van der Waals surface area contributed by atoms with E-state index >= 15 is 0 Å². The van der Waals surface area contributed by atoms with Gasteiger partial charge in [0.25, 0.3) is 0 Å². The number of hydrazine groups is 1. The number of benzene rings is 1. The van der Waals surface area contributed by atoms with E-state index in [0.29, 0.717) is 15.7 Å². The van der Waals surface area contributed by atoms with Crippen molar-refractivity contribution in [2.45, 2.75) is 6.92 Å². The zero-order chi connectivity index (χ0) is 10.7. The van der Waals surface area contributed by atoms with Crippen LogP contribution in [-0.2, 0) is 0 Å². The Hall–Kier alpha value is -0.970. The number of amides is 2. The molecule has 1 rings (SSSR count). The molecular formula is C8H9Cl2N3O. The van der Waals surface area contributed by atoms with Gasteiger partial charge < -0.3 is 5.32 Å². The van der Waals surface area contributed by atoms with Crippen molar-refractivity contribution >= 4 is 34.9 Å². The molecule has 0 radical (unpaired) electrons. The Bertz CT molecular complexity index is 368. The Morgan fingerprint density at radius 1 is 1.36 bits per heavy atom. The minimum Gasteiger partial charge on any atom is -0.305 e. The first kappa shape index (κ1) is 11.1. The molecule has 6 heteroatoms. The van der Waals surface area contributed by atoms with Crippen LogP contribution in [0.25, 0.3) is 0 Å². The lowest BCUT2D eigenvalue weighted by molar-refractivity contribution is 0.252. The van der Waals surface area contributed by atoms with Crippen LogP contribution in [0.5, 0.6) is 0 Å². The summed E-state index contributed by atoms with van der Waals surface area (Å²) >= 11 is 11.7. The third kappa shape index (κ3) is 2.51. The minimum absolute atomic E-state index is 0.413. The molecule has 0 spiro atoms. The molecule has 1 aromatic rings. The van der Waals surface area contributed by atoms with E-state index in [9.17, 15) is 4.79 Å². The van der Waals surface area contributed by atoms with Crippen LogP contribution in [0, 0.1) is 6.92 Å². The van der Waals surface area contributed by atoms with Crippen LogP contribution in [-0.4, -0.2) is 6.03 Å². The predicted molar refractivity (Wildman–Crippen MR) is 57.5 cm³/mol. The zero-order valence-corrected chi connectivity index (χ0v) is 8.91. The van der Waals surface area contributed by atoms with Crippen LogP contribution in [0.15, 0.2) is 12.1 Å². The highest BCUT2D eigenvalue weighted by Crippen LogP contribution is 2.28. The van der Waals surface area contributed by atoms with Crippen LogP contribution in [0.2, 0.25) is 10.0 Å². The number of hydrogen-bond acceptors (Lipinski definition) is 2. The fourth-order valence-corrected chi connectivity index (χ4v) is 1.33. The molecule has 4 nitrogen and oxygen atoms in total. The van der Waals surface area contributed by atoms with Crippen LogP contribution in [0.3, 0.4) is 0 Å². The van der Waals surface area contributed by atoms with Crippen LogP contribution in [0.1, 0.15) is 5.56 Å². The molecule has 0 unspecified atom stereocenters. The lowest BCUT2D eigenvalue weighted by Gasteiger charge is -2.08. The van der Waals surface area contributed by atoms with Gasteiger partial charge in [0.15, 0.2) is 0 Å². The van der Waals surface area contributed by atoms with E-state index in [1.165, 1.54) is 0 Å². The lowest BCUT2D eigenvalue weighted by Crippen LogP contribution is -2.34. The Morgan fingerprint density at radius 3 is 2.57 bits per heavy atom. The zero-order valence-electron chi connectivity index (χ0n) is 7.40. The van der Waals surface area contributed by atoms with Crippen LogP contribution < -0.4 is 16.6 Å². The molecule has 0 saturated carbocycles. The van der Waals surface area contributed by atoms with Crippen molar-refractivity contribution < 1.29 is 4.79 Å². The van der Waals surface area contributed by atoms with Crippen molar-refractivity contribution in [3.05, 3.63) is 27.7 Å². The normalized spacial score (nSPS) is 9.71. The molecule has 2 amide bonds. The number of carbonyl (C=O) groups excluding carboxylic acids is 1. The third-order valence-electron chi connectivity index (χ3n) is 1.63. The van der Waals surface area contributed by atoms with Gasteiger partial charge in [-0.1, -0.05) is 23.2 Å². The van der Waals surface area contributed by atoms with Crippen LogP contribution in [0.4, 0.5) is 10.5 Å². The predicted octanol–water partition coefficient (Wildman–Crippen LogP) is 2.30. The van der Waals surface area contributed by atoms with Gasteiger partial charge in [0, 0.05) is 5.02 Å². The summed E-state index contributed by atoms with van der Waals surface area (Å²) in [6.45, 7) is 1.82. The molecule has 0 aliphatic rings. The summed E-state index contributed by atoms with van der Waals surface area (Å²) < 4.78 is 0. The highest BCUT2D eigenvalue weighted by Gasteiger charge is 2.06. The first-order valence-electron chi connectivity index (χ1n) is 3.78. The molecule has 0 atom stereocenters. The SMILES string of the molecule is Cc1cc(Cl)c(NC(=O)NN)cc1Cl. The van der Waals surface area contributed by atoms with Gasteiger partial charge in [-0.3, -0.25) is 5.43 Å². The fraction of sp³-hybridized carbons (Fsp3) is 0.125. The lowest BCUT2D eigenvalue weighted by atomic mass is 10.2. The highest BCUT2D eigenvalue weighted by atomic mass is 35.5. The second-order valence-electron chi connectivity index (χ2n) is 2.68. The maximum atomic E-state index is 10.9. The number of nitrogens with two attached hydrogens (primary N) is 1. The van der Waals surface area contributed by atoms with E-state index in [1.807, 2.05) is 12.3 Å². The molecule has 0 aliphatic heterocycles. The molecule has 76 valence electrons. The molecule has 0 saturated heterocycles. The smallest absolute Gasteiger partial charge is 0.305 e. The number of nitrogens with one attached hydrogen (secondary N) is 2. The van der Waals surface area contributed by atoms with E-state index in [4.69, 9.17) is 29.0 Å². The average Bonchev–Trinajstić information content (AvgIpc) is 2.14. The summed E-state index contributed by atoms with van der Waals surface area (Å²) in [5.74, 6) is 4.90. The first-order valence-corrected chi connectivity index (χ1v) is 4.53. The molecule has 0 fully saturated rings. The quantitative estimate of drug-likeness (QED) is 0.396. The molecule has 14 heavy (non-hydrogen) atoms. The van der Waals surface area contributed by atoms with Gasteiger partial charge in [0.2, 0.25) is 0 Å². The maximum absolute atomic E-state index is 10.9. The molecule has 4 N–H and O–H groups in total. The van der Waals surface area contributed by atoms with Crippen molar-refractivity contribution in [2.75, 3.05) is 5.32 Å². The van der Waals surface area contributed by atoms with Gasteiger partial charge in [-0.15, -0.1) is 0 Å². The number of urea groups is 1. The summed E-state index contributed by atoms with van der Waals surface area (Å²) in [5, 5.41) is 3.38. The van der Waals surface area contributed by atoms with E-state index in [2.05, 4.69) is 5.32 Å². The number of anilines is 1. The van der Waals surface area contributed by atoms with Crippen molar-refractivity contribution in [3.8, 4) is 0 Å². The first-order chi connectivity index (χ1) is 6.54. The van der Waals surface area contributed by atoms with Gasteiger partial charge in [0.05, 0.1) is 10.7 Å².